The lowest BCUT2D eigenvalue weighted by atomic mass is 10.3. The highest BCUT2D eigenvalue weighted by molar-refractivity contribution is 7.99. The summed E-state index contributed by atoms with van der Waals surface area (Å²) < 4.78 is 5.21. The first-order chi connectivity index (χ1) is 7.04. The van der Waals surface area contributed by atoms with E-state index >= 15 is 0 Å². The number of aryl methyl sites for hydroxylation is 1. The van der Waals surface area contributed by atoms with Crippen molar-refractivity contribution in [3.05, 3.63) is 23.2 Å². The minimum absolute atomic E-state index is 0.0333. The van der Waals surface area contributed by atoms with Gasteiger partial charge in [-0.3, -0.25) is 0 Å². The Morgan fingerprint density at radius 2 is 2.40 bits per heavy atom. The number of furan rings is 1. The van der Waals surface area contributed by atoms with E-state index in [9.17, 15) is 4.79 Å². The lowest BCUT2D eigenvalue weighted by molar-refractivity contribution is 0.0659. The standard InChI is InChI=1S/C10H15NO3S/c1-6-3-8(5-15-7(2)4-11)14-9(6)10(12)13/h3,7H,4-5,11H2,1-2H3,(H,12,13). The Morgan fingerprint density at radius 1 is 1.73 bits per heavy atom. The van der Waals surface area contributed by atoms with E-state index in [1.54, 1.807) is 24.8 Å². The maximum absolute atomic E-state index is 10.7. The van der Waals surface area contributed by atoms with Crippen molar-refractivity contribution >= 4 is 17.7 Å². The van der Waals surface area contributed by atoms with Crippen LogP contribution in [0.25, 0.3) is 0 Å². The molecule has 15 heavy (non-hydrogen) atoms. The number of thioether (sulfide) groups is 1. The normalized spacial score (nSPS) is 12.7. The molecule has 1 unspecified atom stereocenters. The molecule has 0 bridgehead atoms. The van der Waals surface area contributed by atoms with E-state index in [0.29, 0.717) is 28.9 Å². The van der Waals surface area contributed by atoms with Gasteiger partial charge < -0.3 is 15.3 Å². The van der Waals surface area contributed by atoms with Gasteiger partial charge in [-0.15, -0.1) is 11.8 Å². The largest absolute Gasteiger partial charge is 0.475 e. The molecule has 0 saturated carbocycles. The van der Waals surface area contributed by atoms with Gasteiger partial charge in [-0.25, -0.2) is 4.79 Å². The summed E-state index contributed by atoms with van der Waals surface area (Å²) in [5.74, 6) is 0.365. The zero-order chi connectivity index (χ0) is 11.4. The summed E-state index contributed by atoms with van der Waals surface area (Å²) in [5.41, 5.74) is 6.14. The molecule has 1 aromatic rings. The summed E-state index contributed by atoms with van der Waals surface area (Å²) in [7, 11) is 0. The van der Waals surface area contributed by atoms with E-state index in [1.807, 2.05) is 6.92 Å². The van der Waals surface area contributed by atoms with Crippen LogP contribution in [0.2, 0.25) is 0 Å². The highest BCUT2D eigenvalue weighted by Gasteiger charge is 2.14. The predicted octanol–water partition coefficient (Wildman–Crippen LogP) is 1.87. The zero-order valence-electron chi connectivity index (χ0n) is 8.82. The highest BCUT2D eigenvalue weighted by Crippen LogP contribution is 2.21. The van der Waals surface area contributed by atoms with E-state index in [-0.39, 0.29) is 5.76 Å². The number of hydrogen-bond donors (Lipinski definition) is 2. The molecule has 5 heteroatoms. The van der Waals surface area contributed by atoms with Crippen molar-refractivity contribution in [1.29, 1.82) is 0 Å². The van der Waals surface area contributed by atoms with Crippen LogP contribution in [0.15, 0.2) is 10.5 Å². The number of aromatic carboxylic acids is 1. The molecule has 1 heterocycles. The van der Waals surface area contributed by atoms with Crippen molar-refractivity contribution in [2.75, 3.05) is 6.54 Å². The summed E-state index contributed by atoms with van der Waals surface area (Å²) in [5, 5.41) is 9.13. The summed E-state index contributed by atoms with van der Waals surface area (Å²) in [4.78, 5) is 10.7. The van der Waals surface area contributed by atoms with Crippen LogP contribution in [0.4, 0.5) is 0 Å². The molecule has 4 nitrogen and oxygen atoms in total. The first-order valence-corrected chi connectivity index (χ1v) is 5.73. The lowest BCUT2D eigenvalue weighted by Gasteiger charge is -2.05. The van der Waals surface area contributed by atoms with Gasteiger partial charge in [-0.2, -0.15) is 0 Å². The molecule has 0 aliphatic carbocycles. The topological polar surface area (TPSA) is 76.5 Å². The molecule has 0 aliphatic heterocycles. The SMILES string of the molecule is Cc1cc(CSC(C)CN)oc1C(=O)O. The van der Waals surface area contributed by atoms with Crippen molar-refractivity contribution in [2.45, 2.75) is 24.9 Å². The smallest absolute Gasteiger partial charge is 0.372 e. The van der Waals surface area contributed by atoms with E-state index in [1.165, 1.54) is 0 Å². The Kier molecular flexibility index (Phi) is 4.23. The molecule has 0 radical (unpaired) electrons. The van der Waals surface area contributed by atoms with E-state index < -0.39 is 5.97 Å². The molecule has 84 valence electrons. The van der Waals surface area contributed by atoms with Crippen LogP contribution in [0.1, 0.15) is 28.8 Å². The number of carboxylic acid groups (broad SMARTS) is 1. The monoisotopic (exact) mass is 229 g/mol. The van der Waals surface area contributed by atoms with E-state index in [2.05, 4.69) is 0 Å². The average Bonchev–Trinajstić information content (AvgIpc) is 2.56. The second-order valence-corrected chi connectivity index (χ2v) is 4.81. The fraction of sp³-hybridized carbons (Fsp3) is 0.500. The maximum Gasteiger partial charge on any atom is 0.372 e. The summed E-state index contributed by atoms with van der Waals surface area (Å²) in [6, 6.07) is 1.76. The summed E-state index contributed by atoms with van der Waals surface area (Å²) in [6.07, 6.45) is 0. The van der Waals surface area contributed by atoms with Gasteiger partial charge in [0.05, 0.1) is 5.75 Å². The second kappa shape index (κ2) is 5.23. The first kappa shape index (κ1) is 12.1. The minimum Gasteiger partial charge on any atom is -0.475 e. The third-order valence-electron chi connectivity index (χ3n) is 2.01. The molecular formula is C10H15NO3S. The molecule has 1 atom stereocenters. The maximum atomic E-state index is 10.7. The lowest BCUT2D eigenvalue weighted by Crippen LogP contribution is -2.12. The van der Waals surface area contributed by atoms with Crippen LogP contribution in [0.5, 0.6) is 0 Å². The van der Waals surface area contributed by atoms with Gasteiger partial charge in [0, 0.05) is 17.4 Å². The summed E-state index contributed by atoms with van der Waals surface area (Å²) in [6.45, 7) is 4.36. The molecule has 0 saturated heterocycles. The quantitative estimate of drug-likeness (QED) is 0.806. The van der Waals surface area contributed by atoms with Gasteiger partial charge in [-0.1, -0.05) is 6.92 Å². The number of carboxylic acids is 1. The van der Waals surface area contributed by atoms with Gasteiger partial charge in [0.1, 0.15) is 5.76 Å². The first-order valence-electron chi connectivity index (χ1n) is 4.69. The number of hydrogen-bond acceptors (Lipinski definition) is 4. The molecule has 0 aromatic carbocycles. The van der Waals surface area contributed by atoms with Gasteiger partial charge in [-0.05, 0) is 13.0 Å². The van der Waals surface area contributed by atoms with Crippen molar-refractivity contribution < 1.29 is 14.3 Å². The Morgan fingerprint density at radius 3 is 2.87 bits per heavy atom. The van der Waals surface area contributed by atoms with Crippen molar-refractivity contribution in [3.8, 4) is 0 Å². The van der Waals surface area contributed by atoms with Gasteiger partial charge in [0.2, 0.25) is 5.76 Å². The molecule has 0 amide bonds. The van der Waals surface area contributed by atoms with Gasteiger partial charge in [0.15, 0.2) is 0 Å². The second-order valence-electron chi connectivity index (χ2n) is 3.39. The molecule has 3 N–H and O–H groups in total. The molecule has 1 aromatic heterocycles. The van der Waals surface area contributed by atoms with Crippen molar-refractivity contribution in [1.82, 2.24) is 0 Å². The fourth-order valence-corrected chi connectivity index (χ4v) is 1.85. The van der Waals surface area contributed by atoms with Crippen molar-refractivity contribution in [2.24, 2.45) is 5.73 Å². The number of carbonyl (C=O) groups is 1. The molecular weight excluding hydrogens is 214 g/mol. The molecule has 0 aliphatic rings. The number of rotatable bonds is 5. The Hall–Kier alpha value is -0.940. The fourth-order valence-electron chi connectivity index (χ4n) is 1.12. The van der Waals surface area contributed by atoms with Gasteiger partial charge in [0.25, 0.3) is 0 Å². The van der Waals surface area contributed by atoms with Crippen LogP contribution in [-0.2, 0) is 5.75 Å². The van der Waals surface area contributed by atoms with Crippen LogP contribution in [0, 0.1) is 6.92 Å². The van der Waals surface area contributed by atoms with Crippen LogP contribution in [0.3, 0.4) is 0 Å². The van der Waals surface area contributed by atoms with Crippen LogP contribution in [-0.4, -0.2) is 22.9 Å². The zero-order valence-corrected chi connectivity index (χ0v) is 9.63. The van der Waals surface area contributed by atoms with Gasteiger partial charge >= 0.3 is 5.97 Å². The third kappa shape index (κ3) is 3.28. The molecule has 0 spiro atoms. The third-order valence-corrected chi connectivity index (χ3v) is 3.22. The van der Waals surface area contributed by atoms with E-state index in [4.69, 9.17) is 15.3 Å². The van der Waals surface area contributed by atoms with Crippen LogP contribution >= 0.6 is 11.8 Å². The Labute approximate surface area is 92.8 Å². The predicted molar refractivity (Wildman–Crippen MR) is 60.2 cm³/mol. The number of nitrogens with two attached hydrogens (primary N) is 1. The van der Waals surface area contributed by atoms with Crippen molar-refractivity contribution in [3.63, 3.8) is 0 Å². The minimum atomic E-state index is -1.02. The average molecular weight is 229 g/mol. The highest BCUT2D eigenvalue weighted by atomic mass is 32.2. The molecule has 1 rings (SSSR count). The van der Waals surface area contributed by atoms with Crippen LogP contribution < -0.4 is 5.73 Å². The Bertz CT molecular complexity index is 348. The summed E-state index contributed by atoms with van der Waals surface area (Å²) >= 11 is 1.65. The molecule has 0 fully saturated rings. The Balaban J connectivity index is 2.63. The van der Waals surface area contributed by atoms with E-state index in [0.717, 1.165) is 0 Å².